The average molecular weight is 216 g/mol. The molecule has 2 heteroatoms. The molecule has 0 heterocycles. The van der Waals surface area contributed by atoms with Gasteiger partial charge in [-0.15, -0.1) is 0 Å². The number of ether oxygens (including phenoxy) is 1. The van der Waals surface area contributed by atoms with E-state index in [9.17, 15) is 4.79 Å². The van der Waals surface area contributed by atoms with Gasteiger partial charge < -0.3 is 4.74 Å². The standard InChI is InChI=1S/C14H16O2/c1-2-16-14(15)10-11-7-8-12-5-3-4-6-13(12)9-11/h3-6,10H,2,7-9H2,1H3/b11-10-. The Labute approximate surface area is 95.9 Å². The fraction of sp³-hybridized carbons (Fsp3) is 0.357. The van der Waals surface area contributed by atoms with Gasteiger partial charge in [-0.2, -0.15) is 0 Å². The van der Waals surface area contributed by atoms with Crippen LogP contribution in [0.2, 0.25) is 0 Å². The summed E-state index contributed by atoms with van der Waals surface area (Å²) >= 11 is 0. The van der Waals surface area contributed by atoms with Crippen molar-refractivity contribution in [3.63, 3.8) is 0 Å². The molecular weight excluding hydrogens is 200 g/mol. The van der Waals surface area contributed by atoms with Crippen molar-refractivity contribution in [1.29, 1.82) is 0 Å². The quantitative estimate of drug-likeness (QED) is 0.561. The Bertz CT molecular complexity index is 418. The van der Waals surface area contributed by atoms with Gasteiger partial charge in [0.15, 0.2) is 0 Å². The van der Waals surface area contributed by atoms with Crippen LogP contribution in [0.1, 0.15) is 24.5 Å². The Morgan fingerprint density at radius 2 is 2.06 bits per heavy atom. The third kappa shape index (κ3) is 2.51. The fourth-order valence-electron chi connectivity index (χ4n) is 2.08. The van der Waals surface area contributed by atoms with Crippen molar-refractivity contribution in [2.45, 2.75) is 26.2 Å². The number of rotatable bonds is 2. The predicted octanol–water partition coefficient (Wildman–Crippen LogP) is 2.66. The van der Waals surface area contributed by atoms with Gasteiger partial charge in [0, 0.05) is 6.08 Å². The first kappa shape index (κ1) is 10.9. The Morgan fingerprint density at radius 1 is 1.31 bits per heavy atom. The summed E-state index contributed by atoms with van der Waals surface area (Å²) in [6.07, 6.45) is 4.53. The van der Waals surface area contributed by atoms with Crippen molar-refractivity contribution in [1.82, 2.24) is 0 Å². The van der Waals surface area contributed by atoms with Crippen molar-refractivity contribution >= 4 is 5.97 Å². The lowest BCUT2D eigenvalue weighted by Gasteiger charge is -2.17. The first-order valence-corrected chi connectivity index (χ1v) is 5.72. The Balaban J connectivity index is 2.10. The fourth-order valence-corrected chi connectivity index (χ4v) is 2.08. The van der Waals surface area contributed by atoms with Crippen LogP contribution in [0.4, 0.5) is 0 Å². The molecule has 0 fully saturated rings. The second-order valence-electron chi connectivity index (χ2n) is 4.00. The molecule has 0 saturated carbocycles. The summed E-state index contributed by atoms with van der Waals surface area (Å²) in [5, 5.41) is 0. The van der Waals surface area contributed by atoms with Crippen molar-refractivity contribution in [3.8, 4) is 0 Å². The second kappa shape index (κ2) is 4.97. The molecule has 1 aliphatic rings. The predicted molar refractivity (Wildman–Crippen MR) is 63.2 cm³/mol. The van der Waals surface area contributed by atoms with E-state index < -0.39 is 0 Å². The molecule has 2 rings (SSSR count). The largest absolute Gasteiger partial charge is 0.463 e. The lowest BCUT2D eigenvalue weighted by molar-refractivity contribution is -0.137. The summed E-state index contributed by atoms with van der Waals surface area (Å²) in [5.41, 5.74) is 3.92. The SMILES string of the molecule is CCOC(=O)/C=C1/CCc2ccccc2C1. The highest BCUT2D eigenvalue weighted by Crippen LogP contribution is 2.24. The summed E-state index contributed by atoms with van der Waals surface area (Å²) in [6, 6.07) is 8.41. The number of fused-ring (bicyclic) bond motifs is 1. The van der Waals surface area contributed by atoms with Gasteiger partial charge >= 0.3 is 5.97 Å². The lowest BCUT2D eigenvalue weighted by Crippen LogP contribution is -2.08. The average Bonchev–Trinajstić information content (AvgIpc) is 2.29. The first-order chi connectivity index (χ1) is 7.79. The van der Waals surface area contributed by atoms with Gasteiger partial charge in [0.05, 0.1) is 6.61 Å². The molecule has 1 aromatic carbocycles. The van der Waals surface area contributed by atoms with Gasteiger partial charge in [-0.1, -0.05) is 29.8 Å². The number of benzene rings is 1. The van der Waals surface area contributed by atoms with Crippen LogP contribution in [0.15, 0.2) is 35.9 Å². The summed E-state index contributed by atoms with van der Waals surface area (Å²) in [5.74, 6) is -0.211. The van der Waals surface area contributed by atoms with E-state index in [0.29, 0.717) is 6.61 Å². The molecule has 0 aliphatic heterocycles. The Hall–Kier alpha value is -1.57. The first-order valence-electron chi connectivity index (χ1n) is 5.72. The molecular formula is C14H16O2. The van der Waals surface area contributed by atoms with Crippen LogP contribution in [0, 0.1) is 0 Å². The van der Waals surface area contributed by atoms with Gasteiger partial charge in [0.1, 0.15) is 0 Å². The van der Waals surface area contributed by atoms with Crippen LogP contribution in [0.25, 0.3) is 0 Å². The van der Waals surface area contributed by atoms with Gasteiger partial charge in [-0.3, -0.25) is 0 Å². The maximum Gasteiger partial charge on any atom is 0.330 e. The molecule has 0 atom stereocenters. The van der Waals surface area contributed by atoms with E-state index in [2.05, 4.69) is 18.2 Å². The van der Waals surface area contributed by atoms with Gasteiger partial charge in [0.2, 0.25) is 0 Å². The number of hydrogen-bond acceptors (Lipinski definition) is 2. The lowest BCUT2D eigenvalue weighted by atomic mass is 9.88. The molecule has 16 heavy (non-hydrogen) atoms. The van der Waals surface area contributed by atoms with E-state index in [4.69, 9.17) is 4.74 Å². The van der Waals surface area contributed by atoms with Crippen LogP contribution in [-0.4, -0.2) is 12.6 Å². The minimum Gasteiger partial charge on any atom is -0.463 e. The van der Waals surface area contributed by atoms with Crippen molar-refractivity contribution in [2.75, 3.05) is 6.61 Å². The van der Waals surface area contributed by atoms with E-state index in [1.165, 1.54) is 16.7 Å². The molecule has 1 aliphatic carbocycles. The summed E-state index contributed by atoms with van der Waals surface area (Å²) < 4.78 is 4.92. The zero-order valence-corrected chi connectivity index (χ0v) is 9.53. The van der Waals surface area contributed by atoms with Gasteiger partial charge in [0.25, 0.3) is 0 Å². The molecule has 0 radical (unpaired) electrons. The molecule has 0 spiro atoms. The highest BCUT2D eigenvalue weighted by atomic mass is 16.5. The van der Waals surface area contributed by atoms with E-state index >= 15 is 0 Å². The second-order valence-corrected chi connectivity index (χ2v) is 4.00. The molecule has 0 N–H and O–H groups in total. The van der Waals surface area contributed by atoms with E-state index in [1.54, 1.807) is 6.08 Å². The molecule has 1 aromatic rings. The topological polar surface area (TPSA) is 26.3 Å². The normalized spacial score (nSPS) is 16.9. The summed E-state index contributed by atoms with van der Waals surface area (Å²) in [6.45, 7) is 2.27. The third-order valence-electron chi connectivity index (χ3n) is 2.86. The summed E-state index contributed by atoms with van der Waals surface area (Å²) in [4.78, 5) is 11.3. The number of esters is 1. The van der Waals surface area contributed by atoms with Gasteiger partial charge in [-0.05, 0) is 37.3 Å². The number of hydrogen-bond donors (Lipinski definition) is 0. The molecule has 0 saturated heterocycles. The Morgan fingerprint density at radius 3 is 2.81 bits per heavy atom. The number of carbonyl (C=O) groups is 1. The van der Waals surface area contributed by atoms with E-state index in [1.807, 2.05) is 13.0 Å². The monoisotopic (exact) mass is 216 g/mol. The number of aryl methyl sites for hydroxylation is 1. The maximum atomic E-state index is 11.3. The van der Waals surface area contributed by atoms with Gasteiger partial charge in [-0.25, -0.2) is 4.79 Å². The van der Waals surface area contributed by atoms with Crippen molar-refractivity contribution in [3.05, 3.63) is 47.0 Å². The highest BCUT2D eigenvalue weighted by Gasteiger charge is 2.13. The number of carbonyl (C=O) groups excluding carboxylic acids is 1. The molecule has 0 bridgehead atoms. The minimum absolute atomic E-state index is 0.211. The van der Waals surface area contributed by atoms with Crippen molar-refractivity contribution < 1.29 is 9.53 Å². The molecule has 0 unspecified atom stereocenters. The summed E-state index contributed by atoms with van der Waals surface area (Å²) in [7, 11) is 0. The van der Waals surface area contributed by atoms with E-state index in [0.717, 1.165) is 19.3 Å². The van der Waals surface area contributed by atoms with Crippen molar-refractivity contribution in [2.24, 2.45) is 0 Å². The van der Waals surface area contributed by atoms with Crippen LogP contribution in [-0.2, 0) is 22.4 Å². The smallest absolute Gasteiger partial charge is 0.330 e. The third-order valence-corrected chi connectivity index (χ3v) is 2.86. The zero-order valence-electron chi connectivity index (χ0n) is 9.53. The molecule has 2 nitrogen and oxygen atoms in total. The zero-order chi connectivity index (χ0) is 11.4. The Kier molecular flexibility index (Phi) is 3.40. The van der Waals surface area contributed by atoms with E-state index in [-0.39, 0.29) is 5.97 Å². The maximum absolute atomic E-state index is 11.3. The number of allylic oxidation sites excluding steroid dienone is 1. The molecule has 0 amide bonds. The minimum atomic E-state index is -0.211. The molecule has 84 valence electrons. The van der Waals surface area contributed by atoms with Crippen LogP contribution >= 0.6 is 0 Å². The highest BCUT2D eigenvalue weighted by molar-refractivity contribution is 5.83. The van der Waals surface area contributed by atoms with Crippen LogP contribution in [0.5, 0.6) is 0 Å². The molecule has 0 aromatic heterocycles. The van der Waals surface area contributed by atoms with Crippen LogP contribution in [0.3, 0.4) is 0 Å². The van der Waals surface area contributed by atoms with Crippen LogP contribution < -0.4 is 0 Å².